The fourth-order valence-electron chi connectivity index (χ4n) is 2.64. The van der Waals surface area contributed by atoms with Crippen molar-refractivity contribution in [2.24, 2.45) is 5.92 Å². The van der Waals surface area contributed by atoms with Crippen molar-refractivity contribution in [2.45, 2.75) is 38.5 Å². The number of hydrogen-bond acceptors (Lipinski definition) is 1. The summed E-state index contributed by atoms with van der Waals surface area (Å²) in [4.78, 5) is 3.56. The quantitative estimate of drug-likeness (QED) is 0.419. The maximum absolute atomic E-state index is 9.16. The predicted octanol–water partition coefficient (Wildman–Crippen LogP) is 2.16. The highest BCUT2D eigenvalue weighted by atomic mass is 14.9. The summed E-state index contributed by atoms with van der Waals surface area (Å²) >= 11 is 0. The lowest BCUT2D eigenvalue weighted by atomic mass is 9.82. The van der Waals surface area contributed by atoms with E-state index < -0.39 is 0 Å². The molecule has 0 amide bonds. The van der Waals surface area contributed by atoms with Crippen LogP contribution in [0.5, 0.6) is 0 Å². The molecular weight excluding hydrogens is 186 g/mol. The van der Waals surface area contributed by atoms with Crippen LogP contribution in [0.25, 0.3) is 5.53 Å². The minimum absolute atomic E-state index is 0.507. The first kappa shape index (κ1) is 10.6. The second kappa shape index (κ2) is 5.24. The molecule has 1 heterocycles. The standard InChI is InChI=1S/C12H19N3/c13-15-12(10-4-2-1-3-5-10)11-6-8-14-9-7-11/h6,10,14H,1-5,7-9H2. The van der Waals surface area contributed by atoms with Gasteiger partial charge < -0.3 is 10.8 Å². The SMILES string of the molecule is [N-]=[N+]=C(C1=CCNCC1)C1CCCCC1. The van der Waals surface area contributed by atoms with Crippen LogP contribution in [0.15, 0.2) is 11.6 Å². The van der Waals surface area contributed by atoms with Crippen LogP contribution in [0.3, 0.4) is 0 Å². The van der Waals surface area contributed by atoms with Gasteiger partial charge in [-0.1, -0.05) is 25.3 Å². The summed E-state index contributed by atoms with van der Waals surface area (Å²) in [6.45, 7) is 1.93. The van der Waals surface area contributed by atoms with Crippen LogP contribution < -0.4 is 5.32 Å². The van der Waals surface area contributed by atoms with Gasteiger partial charge in [-0.3, -0.25) is 0 Å². The van der Waals surface area contributed by atoms with Crippen molar-refractivity contribution in [3.05, 3.63) is 17.2 Å². The van der Waals surface area contributed by atoms with E-state index in [1.54, 1.807) is 0 Å². The lowest BCUT2D eigenvalue weighted by Crippen LogP contribution is -2.28. The molecule has 15 heavy (non-hydrogen) atoms. The summed E-state index contributed by atoms with van der Waals surface area (Å²) < 4.78 is 0. The van der Waals surface area contributed by atoms with E-state index in [0.717, 1.165) is 25.2 Å². The average Bonchev–Trinajstić information content (AvgIpc) is 2.33. The normalized spacial score (nSPS) is 23.1. The van der Waals surface area contributed by atoms with Crippen molar-refractivity contribution in [1.82, 2.24) is 5.32 Å². The fourth-order valence-corrected chi connectivity index (χ4v) is 2.64. The molecule has 1 fully saturated rings. The summed E-state index contributed by atoms with van der Waals surface area (Å²) in [6, 6.07) is 0. The lowest BCUT2D eigenvalue weighted by molar-refractivity contribution is -0.0137. The molecule has 0 bridgehead atoms. The van der Waals surface area contributed by atoms with Gasteiger partial charge in [0.05, 0.1) is 5.92 Å². The Hall–Kier alpha value is -0.920. The van der Waals surface area contributed by atoms with Crippen LogP contribution in [0.1, 0.15) is 38.5 Å². The van der Waals surface area contributed by atoms with E-state index in [4.69, 9.17) is 5.53 Å². The molecule has 2 rings (SSSR count). The Bertz CT molecular complexity index is 294. The van der Waals surface area contributed by atoms with Gasteiger partial charge in [-0.15, -0.1) is 0 Å². The highest BCUT2D eigenvalue weighted by Gasteiger charge is 2.29. The summed E-state index contributed by atoms with van der Waals surface area (Å²) in [7, 11) is 0. The monoisotopic (exact) mass is 205 g/mol. The molecule has 0 unspecified atom stereocenters. The minimum Gasteiger partial charge on any atom is -0.361 e. The van der Waals surface area contributed by atoms with Crippen LogP contribution >= 0.6 is 0 Å². The Morgan fingerprint density at radius 3 is 2.73 bits per heavy atom. The third kappa shape index (κ3) is 2.55. The second-order valence-electron chi connectivity index (χ2n) is 4.50. The molecule has 1 saturated carbocycles. The second-order valence-corrected chi connectivity index (χ2v) is 4.50. The van der Waals surface area contributed by atoms with Crippen LogP contribution in [0.4, 0.5) is 0 Å². The van der Waals surface area contributed by atoms with Crippen molar-refractivity contribution in [3.63, 3.8) is 0 Å². The van der Waals surface area contributed by atoms with Gasteiger partial charge >= 0.3 is 0 Å². The largest absolute Gasteiger partial charge is 0.361 e. The average molecular weight is 205 g/mol. The van der Waals surface area contributed by atoms with Gasteiger partial charge in [0.25, 0.3) is 5.71 Å². The number of rotatable bonds is 2. The summed E-state index contributed by atoms with van der Waals surface area (Å²) in [5.41, 5.74) is 11.4. The molecule has 0 aromatic rings. The minimum atomic E-state index is 0.507. The smallest absolute Gasteiger partial charge is 0.297 e. The van der Waals surface area contributed by atoms with E-state index in [-0.39, 0.29) is 0 Å². The molecule has 1 N–H and O–H groups in total. The zero-order valence-corrected chi connectivity index (χ0v) is 9.21. The molecule has 2 aliphatic rings. The van der Waals surface area contributed by atoms with E-state index in [9.17, 15) is 0 Å². The van der Waals surface area contributed by atoms with Gasteiger partial charge in [0.2, 0.25) is 0 Å². The molecule has 82 valence electrons. The molecule has 0 aromatic heterocycles. The Morgan fingerprint density at radius 2 is 2.13 bits per heavy atom. The molecule has 0 aromatic carbocycles. The maximum Gasteiger partial charge on any atom is 0.297 e. The predicted molar refractivity (Wildman–Crippen MR) is 60.8 cm³/mol. The van der Waals surface area contributed by atoms with E-state index in [1.165, 1.54) is 37.7 Å². The number of hydrogen-bond donors (Lipinski definition) is 1. The zero-order valence-electron chi connectivity index (χ0n) is 9.21. The summed E-state index contributed by atoms with van der Waals surface area (Å²) in [6.07, 6.45) is 9.50. The van der Waals surface area contributed by atoms with Gasteiger partial charge in [-0.05, 0) is 25.8 Å². The van der Waals surface area contributed by atoms with Crippen LogP contribution in [0, 0.1) is 5.92 Å². The highest BCUT2D eigenvalue weighted by Crippen LogP contribution is 2.27. The van der Waals surface area contributed by atoms with E-state index in [0.29, 0.717) is 5.92 Å². The summed E-state index contributed by atoms with van der Waals surface area (Å²) in [5.74, 6) is 0.507. The summed E-state index contributed by atoms with van der Waals surface area (Å²) in [5, 5.41) is 3.28. The Labute approximate surface area is 91.2 Å². The van der Waals surface area contributed by atoms with Crippen molar-refractivity contribution in [3.8, 4) is 0 Å². The van der Waals surface area contributed by atoms with Crippen molar-refractivity contribution in [2.75, 3.05) is 13.1 Å². The first-order valence-electron chi connectivity index (χ1n) is 6.04. The van der Waals surface area contributed by atoms with Crippen molar-refractivity contribution in [1.29, 1.82) is 0 Å². The Morgan fingerprint density at radius 1 is 1.33 bits per heavy atom. The van der Waals surface area contributed by atoms with Crippen molar-refractivity contribution >= 4 is 5.71 Å². The third-order valence-electron chi connectivity index (χ3n) is 3.49. The molecule has 0 atom stereocenters. The Balaban J connectivity index is 2.09. The number of nitrogens with zero attached hydrogens (tertiary/aromatic N) is 2. The fraction of sp³-hybridized carbons (Fsp3) is 0.750. The van der Waals surface area contributed by atoms with Crippen LogP contribution in [-0.2, 0) is 0 Å². The topological polar surface area (TPSA) is 48.4 Å². The third-order valence-corrected chi connectivity index (χ3v) is 3.49. The van der Waals surface area contributed by atoms with E-state index in [1.807, 2.05) is 0 Å². The first-order valence-corrected chi connectivity index (χ1v) is 6.04. The maximum atomic E-state index is 9.16. The molecule has 1 aliphatic heterocycles. The van der Waals surface area contributed by atoms with E-state index >= 15 is 0 Å². The van der Waals surface area contributed by atoms with Gasteiger partial charge in [-0.2, -0.15) is 4.79 Å². The van der Waals surface area contributed by atoms with Gasteiger partial charge in [-0.25, -0.2) is 0 Å². The molecule has 0 spiro atoms. The molecule has 1 aliphatic carbocycles. The molecule has 0 radical (unpaired) electrons. The molecule has 0 saturated heterocycles. The highest BCUT2D eigenvalue weighted by molar-refractivity contribution is 5.97. The van der Waals surface area contributed by atoms with Crippen molar-refractivity contribution < 1.29 is 4.79 Å². The Kier molecular flexibility index (Phi) is 3.70. The van der Waals surface area contributed by atoms with Gasteiger partial charge in [0, 0.05) is 12.1 Å². The molecule has 3 heteroatoms. The zero-order chi connectivity index (χ0) is 10.5. The van der Waals surface area contributed by atoms with E-state index in [2.05, 4.69) is 16.2 Å². The van der Waals surface area contributed by atoms with Crippen LogP contribution in [0.2, 0.25) is 0 Å². The van der Waals surface area contributed by atoms with Gasteiger partial charge in [0.15, 0.2) is 0 Å². The molecule has 3 nitrogen and oxygen atoms in total. The lowest BCUT2D eigenvalue weighted by Gasteiger charge is -2.20. The number of nitrogens with one attached hydrogen (secondary N) is 1. The van der Waals surface area contributed by atoms with Crippen LogP contribution in [-0.4, -0.2) is 23.6 Å². The molecular formula is C12H19N3. The van der Waals surface area contributed by atoms with Gasteiger partial charge in [0.1, 0.15) is 0 Å². The first-order chi connectivity index (χ1) is 7.42.